The maximum atomic E-state index is 14.9. The SMILES string of the molecule is COC(=O)c1cc(F)c(N=C(c2ccccc2)c2ccccc2)cc1O[C@@H](C)C(F)(F)F. The maximum absolute atomic E-state index is 14.9. The fraction of sp³-hybridized carbons (Fsp3) is 0.167. The molecule has 166 valence electrons. The van der Waals surface area contributed by atoms with Gasteiger partial charge in [0.15, 0.2) is 6.10 Å². The third kappa shape index (κ3) is 5.32. The Morgan fingerprint density at radius 1 is 0.938 bits per heavy atom. The predicted octanol–water partition coefficient (Wildman–Crippen LogP) is 6.11. The van der Waals surface area contributed by atoms with Crippen LogP contribution in [0.2, 0.25) is 0 Å². The molecule has 0 spiro atoms. The van der Waals surface area contributed by atoms with Gasteiger partial charge >= 0.3 is 12.1 Å². The Hall–Kier alpha value is -3.68. The van der Waals surface area contributed by atoms with Crippen molar-refractivity contribution in [1.82, 2.24) is 0 Å². The van der Waals surface area contributed by atoms with Gasteiger partial charge in [-0.15, -0.1) is 0 Å². The van der Waals surface area contributed by atoms with Crippen LogP contribution in [-0.2, 0) is 4.74 Å². The highest BCUT2D eigenvalue weighted by molar-refractivity contribution is 6.14. The second-order valence-corrected chi connectivity index (χ2v) is 6.79. The van der Waals surface area contributed by atoms with Crippen molar-refractivity contribution in [3.05, 3.63) is 95.3 Å². The minimum atomic E-state index is -4.69. The Bertz CT molecular complexity index is 1070. The van der Waals surface area contributed by atoms with E-state index in [0.717, 1.165) is 26.2 Å². The summed E-state index contributed by atoms with van der Waals surface area (Å²) < 4.78 is 63.5. The van der Waals surface area contributed by atoms with Crippen LogP contribution < -0.4 is 4.74 Å². The van der Waals surface area contributed by atoms with E-state index in [2.05, 4.69) is 9.73 Å². The molecule has 0 saturated carbocycles. The van der Waals surface area contributed by atoms with Gasteiger partial charge in [-0.05, 0) is 13.0 Å². The maximum Gasteiger partial charge on any atom is 0.425 e. The van der Waals surface area contributed by atoms with E-state index in [1.807, 2.05) is 12.1 Å². The lowest BCUT2D eigenvalue weighted by atomic mass is 10.0. The number of alkyl halides is 3. The van der Waals surface area contributed by atoms with Gasteiger partial charge in [0, 0.05) is 17.2 Å². The van der Waals surface area contributed by atoms with E-state index in [1.54, 1.807) is 48.5 Å². The average Bonchev–Trinajstić information content (AvgIpc) is 2.79. The zero-order valence-electron chi connectivity index (χ0n) is 17.2. The number of benzene rings is 3. The summed E-state index contributed by atoms with van der Waals surface area (Å²) in [4.78, 5) is 16.4. The van der Waals surface area contributed by atoms with Crippen LogP contribution in [0.4, 0.5) is 23.2 Å². The number of halogens is 4. The van der Waals surface area contributed by atoms with E-state index >= 15 is 0 Å². The first-order chi connectivity index (χ1) is 15.2. The van der Waals surface area contributed by atoms with Gasteiger partial charge in [-0.2, -0.15) is 13.2 Å². The van der Waals surface area contributed by atoms with Crippen molar-refractivity contribution >= 4 is 17.4 Å². The van der Waals surface area contributed by atoms with E-state index < -0.39 is 35.4 Å². The Balaban J connectivity index is 2.17. The number of rotatable bonds is 6. The summed E-state index contributed by atoms with van der Waals surface area (Å²) in [6.07, 6.45) is -6.93. The second kappa shape index (κ2) is 9.64. The lowest BCUT2D eigenvalue weighted by molar-refractivity contribution is -0.189. The van der Waals surface area contributed by atoms with E-state index in [-0.39, 0.29) is 5.69 Å². The van der Waals surface area contributed by atoms with Gasteiger partial charge in [0.1, 0.15) is 22.8 Å². The van der Waals surface area contributed by atoms with Gasteiger partial charge < -0.3 is 9.47 Å². The molecule has 1 atom stereocenters. The summed E-state index contributed by atoms with van der Waals surface area (Å²) in [5, 5.41) is 0. The molecule has 0 radical (unpaired) electrons. The number of esters is 1. The lowest BCUT2D eigenvalue weighted by Crippen LogP contribution is -2.31. The van der Waals surface area contributed by atoms with Crippen LogP contribution in [0.15, 0.2) is 77.8 Å². The summed E-state index contributed by atoms with van der Waals surface area (Å²) in [5.41, 5.74) is 0.971. The summed E-state index contributed by atoms with van der Waals surface area (Å²) >= 11 is 0. The Morgan fingerprint density at radius 2 is 1.47 bits per heavy atom. The van der Waals surface area contributed by atoms with Crippen LogP contribution in [0.5, 0.6) is 5.75 Å². The average molecular weight is 445 g/mol. The molecule has 0 fully saturated rings. The molecule has 4 nitrogen and oxygen atoms in total. The number of hydrogen-bond acceptors (Lipinski definition) is 4. The molecule has 0 aliphatic carbocycles. The summed E-state index contributed by atoms with van der Waals surface area (Å²) in [5.74, 6) is -2.43. The molecule has 0 unspecified atom stereocenters. The third-order valence-electron chi connectivity index (χ3n) is 4.55. The van der Waals surface area contributed by atoms with Crippen LogP contribution in [-0.4, -0.2) is 31.1 Å². The van der Waals surface area contributed by atoms with Crippen molar-refractivity contribution in [2.75, 3.05) is 7.11 Å². The molecule has 8 heteroatoms. The molecule has 3 aromatic rings. The largest absolute Gasteiger partial charge is 0.480 e. The van der Waals surface area contributed by atoms with E-state index in [4.69, 9.17) is 4.74 Å². The van der Waals surface area contributed by atoms with Crippen LogP contribution in [0.25, 0.3) is 0 Å². The first-order valence-electron chi connectivity index (χ1n) is 9.55. The van der Waals surface area contributed by atoms with Crippen molar-refractivity contribution < 1.29 is 31.8 Å². The quantitative estimate of drug-likeness (QED) is 0.261. The number of hydrogen-bond donors (Lipinski definition) is 0. The first kappa shape index (κ1) is 23.0. The number of aliphatic imine (C=N–C) groups is 1. The van der Waals surface area contributed by atoms with Crippen molar-refractivity contribution in [2.24, 2.45) is 4.99 Å². The molecule has 3 aromatic carbocycles. The molecule has 0 aromatic heterocycles. The van der Waals surface area contributed by atoms with Crippen molar-refractivity contribution in [3.8, 4) is 5.75 Å². The molecule has 0 amide bonds. The van der Waals surface area contributed by atoms with E-state index in [9.17, 15) is 22.4 Å². The van der Waals surface area contributed by atoms with Crippen molar-refractivity contribution in [1.29, 1.82) is 0 Å². The van der Waals surface area contributed by atoms with Crippen LogP contribution in [0.3, 0.4) is 0 Å². The topological polar surface area (TPSA) is 47.9 Å². The molecule has 0 N–H and O–H groups in total. The van der Waals surface area contributed by atoms with Gasteiger partial charge in [0.2, 0.25) is 0 Å². The first-order valence-corrected chi connectivity index (χ1v) is 9.55. The highest BCUT2D eigenvalue weighted by Gasteiger charge is 2.39. The van der Waals surface area contributed by atoms with Gasteiger partial charge in [-0.25, -0.2) is 14.2 Å². The molecule has 0 bridgehead atoms. The summed E-state index contributed by atoms with van der Waals surface area (Å²) in [6.45, 7) is 0.784. The third-order valence-corrected chi connectivity index (χ3v) is 4.55. The minimum Gasteiger partial charge on any atom is -0.480 e. The van der Waals surface area contributed by atoms with Gasteiger partial charge in [-0.3, -0.25) is 0 Å². The summed E-state index contributed by atoms with van der Waals surface area (Å²) in [7, 11) is 1.03. The fourth-order valence-corrected chi connectivity index (χ4v) is 2.86. The highest BCUT2D eigenvalue weighted by atomic mass is 19.4. The van der Waals surface area contributed by atoms with Crippen molar-refractivity contribution in [2.45, 2.75) is 19.2 Å². The number of nitrogens with zero attached hydrogens (tertiary/aromatic N) is 1. The van der Waals surface area contributed by atoms with E-state index in [0.29, 0.717) is 16.8 Å². The molecule has 0 saturated heterocycles. The highest BCUT2D eigenvalue weighted by Crippen LogP contribution is 2.33. The van der Waals surface area contributed by atoms with Crippen molar-refractivity contribution in [3.63, 3.8) is 0 Å². The monoisotopic (exact) mass is 445 g/mol. The molecule has 3 rings (SSSR count). The second-order valence-electron chi connectivity index (χ2n) is 6.79. The fourth-order valence-electron chi connectivity index (χ4n) is 2.86. The predicted molar refractivity (Wildman–Crippen MR) is 112 cm³/mol. The molecular weight excluding hydrogens is 426 g/mol. The van der Waals surface area contributed by atoms with E-state index in [1.165, 1.54) is 0 Å². The smallest absolute Gasteiger partial charge is 0.425 e. The zero-order valence-corrected chi connectivity index (χ0v) is 17.2. The Morgan fingerprint density at radius 3 is 1.94 bits per heavy atom. The summed E-state index contributed by atoms with van der Waals surface area (Å²) in [6, 6.07) is 19.6. The van der Waals surface area contributed by atoms with Gasteiger partial charge in [0.25, 0.3) is 0 Å². The number of carbonyl (C=O) groups is 1. The van der Waals surface area contributed by atoms with Gasteiger partial charge in [0.05, 0.1) is 12.8 Å². The minimum absolute atomic E-state index is 0.287. The number of methoxy groups -OCH3 is 1. The molecule has 0 heterocycles. The van der Waals surface area contributed by atoms with Gasteiger partial charge in [-0.1, -0.05) is 60.7 Å². The standard InChI is InChI=1S/C24H19F4NO3/c1-15(24(26,27)28)32-21-14-20(19(25)13-18(21)23(30)31-2)29-22(16-9-5-3-6-10-16)17-11-7-4-8-12-17/h3-15H,1-2H3/t15-/m0/s1. The number of carbonyl (C=O) groups excluding carboxylic acids is 1. The molecule has 0 aliphatic heterocycles. The molecular formula is C24H19F4NO3. The number of ether oxygens (including phenoxy) is 2. The molecule has 0 aliphatic rings. The lowest BCUT2D eigenvalue weighted by Gasteiger charge is -2.20. The Kier molecular flexibility index (Phi) is 6.92. The van der Waals surface area contributed by atoms with Crippen LogP contribution in [0.1, 0.15) is 28.4 Å². The molecule has 32 heavy (non-hydrogen) atoms. The van der Waals surface area contributed by atoms with Crippen LogP contribution in [0, 0.1) is 5.82 Å². The zero-order chi connectivity index (χ0) is 23.3. The van der Waals surface area contributed by atoms with Crippen LogP contribution >= 0.6 is 0 Å². The Labute approximate surface area is 182 Å². The normalized spacial score (nSPS) is 12.1.